The first kappa shape index (κ1) is 21.7. The summed E-state index contributed by atoms with van der Waals surface area (Å²) in [5.74, 6) is -2.13. The summed E-state index contributed by atoms with van der Waals surface area (Å²) in [6.45, 7) is 1.63. The number of rotatable bonds is 9. The maximum Gasteiger partial charge on any atom is 0.329 e. The largest absolute Gasteiger partial charge is 0.459 e. The Bertz CT molecular complexity index is 820. The Balaban J connectivity index is 1.95. The predicted octanol–water partition coefficient (Wildman–Crippen LogP) is 1.40. The predicted molar refractivity (Wildman–Crippen MR) is 103 cm³/mol. The minimum absolute atomic E-state index is 0.0428. The van der Waals surface area contributed by atoms with Crippen LogP contribution in [0, 0.1) is 0 Å². The zero-order chi connectivity index (χ0) is 21.1. The minimum atomic E-state index is -1.04. The molecule has 4 amide bonds. The highest BCUT2D eigenvalue weighted by atomic mass is 16.5. The molecule has 0 radical (unpaired) electrons. The smallest absolute Gasteiger partial charge is 0.329 e. The van der Waals surface area contributed by atoms with Gasteiger partial charge in [0.25, 0.3) is 11.8 Å². The highest BCUT2D eigenvalue weighted by Crippen LogP contribution is 2.07. The lowest BCUT2D eigenvalue weighted by Crippen LogP contribution is -2.45. The van der Waals surface area contributed by atoms with Crippen LogP contribution in [0.5, 0.6) is 0 Å². The van der Waals surface area contributed by atoms with Crippen LogP contribution in [0.1, 0.15) is 29.5 Å². The Labute approximate surface area is 167 Å². The van der Waals surface area contributed by atoms with Gasteiger partial charge in [-0.25, -0.2) is 9.59 Å². The molecule has 0 aliphatic heterocycles. The van der Waals surface area contributed by atoms with Crippen molar-refractivity contribution in [3.8, 4) is 0 Å². The lowest BCUT2D eigenvalue weighted by Gasteiger charge is -2.17. The van der Waals surface area contributed by atoms with Gasteiger partial charge in [-0.05, 0) is 24.1 Å². The van der Waals surface area contributed by atoms with Gasteiger partial charge in [-0.2, -0.15) is 0 Å². The molecule has 0 saturated heterocycles. The lowest BCUT2D eigenvalue weighted by molar-refractivity contribution is -0.150. The molecule has 0 aliphatic carbocycles. The second-order valence-electron chi connectivity index (χ2n) is 6.10. The molecular weight excluding hydrogens is 378 g/mol. The van der Waals surface area contributed by atoms with Gasteiger partial charge in [-0.15, -0.1) is 0 Å². The first-order chi connectivity index (χ1) is 14.0. The molecule has 9 heteroatoms. The van der Waals surface area contributed by atoms with Crippen LogP contribution in [0.3, 0.4) is 0 Å². The molecule has 0 unspecified atom stereocenters. The number of imide groups is 1. The maximum atomic E-state index is 12.5. The molecule has 1 atom stereocenters. The lowest BCUT2D eigenvalue weighted by atomic mass is 10.1. The van der Waals surface area contributed by atoms with Crippen molar-refractivity contribution in [2.24, 2.45) is 0 Å². The Hall–Kier alpha value is -3.62. The Morgan fingerprint density at radius 2 is 1.83 bits per heavy atom. The molecule has 0 aliphatic rings. The summed E-state index contributed by atoms with van der Waals surface area (Å²) in [4.78, 5) is 47.9. The van der Waals surface area contributed by atoms with Gasteiger partial charge in [0.2, 0.25) is 0 Å². The van der Waals surface area contributed by atoms with Crippen LogP contribution >= 0.6 is 0 Å². The quantitative estimate of drug-likeness (QED) is 0.545. The van der Waals surface area contributed by atoms with Crippen LogP contribution < -0.4 is 16.0 Å². The molecule has 0 fully saturated rings. The molecule has 3 N–H and O–H groups in total. The molecule has 1 heterocycles. The minimum Gasteiger partial charge on any atom is -0.459 e. The molecule has 154 valence electrons. The summed E-state index contributed by atoms with van der Waals surface area (Å²) in [6, 6.07) is 10.3. The van der Waals surface area contributed by atoms with Crippen molar-refractivity contribution in [2.45, 2.75) is 25.8 Å². The second kappa shape index (κ2) is 11.3. The van der Waals surface area contributed by atoms with Crippen LogP contribution in [0.2, 0.25) is 0 Å². The van der Waals surface area contributed by atoms with Gasteiger partial charge in [0, 0.05) is 13.0 Å². The number of hydrogen-bond donors (Lipinski definition) is 3. The van der Waals surface area contributed by atoms with E-state index in [1.807, 2.05) is 13.0 Å². The molecule has 9 nitrogen and oxygen atoms in total. The van der Waals surface area contributed by atoms with Crippen LogP contribution in [-0.4, -0.2) is 43.0 Å². The van der Waals surface area contributed by atoms with E-state index in [1.165, 1.54) is 12.3 Å². The topological polar surface area (TPSA) is 127 Å². The van der Waals surface area contributed by atoms with Crippen LogP contribution in [0.15, 0.2) is 53.1 Å². The van der Waals surface area contributed by atoms with Crippen LogP contribution in [-0.2, 0) is 20.7 Å². The molecule has 29 heavy (non-hydrogen) atoms. The molecule has 2 aromatic rings. The first-order valence-electron chi connectivity index (χ1n) is 9.12. The zero-order valence-corrected chi connectivity index (χ0v) is 16.0. The van der Waals surface area contributed by atoms with Crippen molar-refractivity contribution in [3.63, 3.8) is 0 Å². The summed E-state index contributed by atoms with van der Waals surface area (Å²) >= 11 is 0. The van der Waals surface area contributed by atoms with Crippen molar-refractivity contribution in [1.29, 1.82) is 0 Å². The number of benzene rings is 1. The summed E-state index contributed by atoms with van der Waals surface area (Å²) in [6.07, 6.45) is 2.21. The summed E-state index contributed by atoms with van der Waals surface area (Å²) < 4.78 is 10.0. The second-order valence-corrected chi connectivity index (χ2v) is 6.10. The molecule has 1 aromatic heterocycles. The number of furan rings is 1. The van der Waals surface area contributed by atoms with Crippen molar-refractivity contribution < 1.29 is 28.3 Å². The summed E-state index contributed by atoms with van der Waals surface area (Å²) in [7, 11) is 0. The van der Waals surface area contributed by atoms with E-state index in [1.54, 1.807) is 30.3 Å². The summed E-state index contributed by atoms with van der Waals surface area (Å²) in [5, 5.41) is 7.06. The number of esters is 1. The number of nitrogens with one attached hydrogen (secondary N) is 3. The highest BCUT2D eigenvalue weighted by molar-refractivity contribution is 5.97. The van der Waals surface area contributed by atoms with Gasteiger partial charge in [0.1, 0.15) is 6.04 Å². The van der Waals surface area contributed by atoms with Gasteiger partial charge in [-0.3, -0.25) is 14.9 Å². The molecule has 0 bridgehead atoms. The standard InChI is InChI=1S/C20H23N3O6/c1-2-10-21-20(27)23-17(24)13-29-19(26)15(12-14-7-4-3-5-8-14)22-18(25)16-9-6-11-28-16/h3-9,11,15H,2,10,12-13H2,1H3,(H,22,25)(H2,21,23,24,27)/t15-/m0/s1. The fourth-order valence-corrected chi connectivity index (χ4v) is 2.36. The van der Waals surface area contributed by atoms with E-state index >= 15 is 0 Å². The molecule has 2 rings (SSSR count). The van der Waals surface area contributed by atoms with E-state index in [9.17, 15) is 19.2 Å². The average molecular weight is 401 g/mol. The Morgan fingerprint density at radius 3 is 2.48 bits per heavy atom. The number of carbonyl (C=O) groups is 4. The van der Waals surface area contributed by atoms with E-state index in [4.69, 9.17) is 9.15 Å². The third-order valence-electron chi connectivity index (χ3n) is 3.75. The molecule has 1 aromatic carbocycles. The van der Waals surface area contributed by atoms with Gasteiger partial charge >= 0.3 is 12.0 Å². The maximum absolute atomic E-state index is 12.5. The van der Waals surface area contributed by atoms with Crippen LogP contribution in [0.25, 0.3) is 0 Å². The molecule has 0 spiro atoms. The number of amides is 4. The van der Waals surface area contributed by atoms with E-state index in [0.29, 0.717) is 13.0 Å². The van der Waals surface area contributed by atoms with Crippen LogP contribution in [0.4, 0.5) is 4.79 Å². The van der Waals surface area contributed by atoms with Crippen molar-refractivity contribution in [2.75, 3.05) is 13.2 Å². The molecular formula is C20H23N3O6. The summed E-state index contributed by atoms with van der Waals surface area (Å²) in [5.41, 5.74) is 0.789. The Kier molecular flexibility index (Phi) is 8.43. The van der Waals surface area contributed by atoms with Gasteiger partial charge in [0.15, 0.2) is 12.4 Å². The highest BCUT2D eigenvalue weighted by Gasteiger charge is 2.25. The normalized spacial score (nSPS) is 11.2. The third kappa shape index (κ3) is 7.49. The van der Waals surface area contributed by atoms with Gasteiger partial charge in [0.05, 0.1) is 6.26 Å². The SMILES string of the molecule is CCCNC(=O)NC(=O)COC(=O)[C@H](Cc1ccccc1)NC(=O)c1ccco1. The van der Waals surface area contributed by atoms with Gasteiger partial charge in [-0.1, -0.05) is 37.3 Å². The number of ether oxygens (including phenoxy) is 1. The first-order valence-corrected chi connectivity index (χ1v) is 9.12. The molecule has 0 saturated carbocycles. The van der Waals surface area contributed by atoms with Crippen molar-refractivity contribution in [1.82, 2.24) is 16.0 Å². The average Bonchev–Trinajstić information content (AvgIpc) is 3.25. The third-order valence-corrected chi connectivity index (χ3v) is 3.75. The van der Waals surface area contributed by atoms with Gasteiger partial charge < -0.3 is 19.8 Å². The number of hydrogen-bond acceptors (Lipinski definition) is 6. The van der Waals surface area contributed by atoms with Crippen molar-refractivity contribution in [3.05, 3.63) is 60.1 Å². The van der Waals surface area contributed by atoms with E-state index in [-0.39, 0.29) is 12.2 Å². The fraction of sp³-hybridized carbons (Fsp3) is 0.300. The monoisotopic (exact) mass is 401 g/mol. The van der Waals surface area contributed by atoms with E-state index < -0.39 is 36.5 Å². The van der Waals surface area contributed by atoms with Crippen molar-refractivity contribution >= 4 is 23.8 Å². The zero-order valence-electron chi connectivity index (χ0n) is 16.0. The van der Waals surface area contributed by atoms with E-state index in [0.717, 1.165) is 5.56 Å². The Morgan fingerprint density at radius 1 is 1.07 bits per heavy atom. The van der Waals surface area contributed by atoms with E-state index in [2.05, 4.69) is 16.0 Å². The number of carbonyl (C=O) groups excluding carboxylic acids is 4. The fourth-order valence-electron chi connectivity index (χ4n) is 2.36. The number of urea groups is 1.